The van der Waals surface area contributed by atoms with Crippen LogP contribution >= 0.6 is 23.2 Å². The molecule has 2 N–H and O–H groups in total. The largest absolute Gasteiger partial charge is 0.492 e. The Morgan fingerprint density at radius 1 is 1.29 bits per heavy atom. The van der Waals surface area contributed by atoms with Crippen LogP contribution in [0, 0.1) is 0 Å². The average Bonchev–Trinajstić information content (AvgIpc) is 2.36. The van der Waals surface area contributed by atoms with Gasteiger partial charge in [-0.2, -0.15) is 0 Å². The fourth-order valence-corrected chi connectivity index (χ4v) is 2.84. The van der Waals surface area contributed by atoms with E-state index in [1.54, 1.807) is 14.1 Å². The lowest BCUT2D eigenvalue weighted by Gasteiger charge is -2.12. The van der Waals surface area contributed by atoms with Crippen LogP contribution in [0.5, 0.6) is 5.75 Å². The van der Waals surface area contributed by atoms with Crippen molar-refractivity contribution in [2.75, 3.05) is 20.7 Å². The Hall–Kier alpha value is -1.02. The van der Waals surface area contributed by atoms with E-state index >= 15 is 0 Å². The van der Waals surface area contributed by atoms with Gasteiger partial charge in [-0.15, -0.1) is 0 Å². The zero-order valence-electron chi connectivity index (χ0n) is 11.6. The van der Waals surface area contributed by atoms with E-state index in [2.05, 4.69) is 0 Å². The van der Waals surface area contributed by atoms with Crippen LogP contribution in [0.4, 0.5) is 0 Å². The number of primary sulfonamides is 1. The van der Waals surface area contributed by atoms with E-state index in [1.165, 1.54) is 11.0 Å². The molecule has 0 saturated carbocycles. The predicted molar refractivity (Wildman–Crippen MR) is 81.3 cm³/mol. The van der Waals surface area contributed by atoms with Crippen molar-refractivity contribution in [3.8, 4) is 5.75 Å². The van der Waals surface area contributed by atoms with Gasteiger partial charge < -0.3 is 9.64 Å². The number of hydrogen-bond donors (Lipinski definition) is 1. The van der Waals surface area contributed by atoms with Crippen molar-refractivity contribution in [2.45, 2.75) is 17.7 Å². The standard InChI is InChI=1S/C12H16Cl2N2O4S/c1-16(2)12(17)4-3-5-20-10-6-9(14)11(7-8(10)13)21(15,18)19/h6-7H,3-5H2,1-2H3,(H2,15,18,19). The summed E-state index contributed by atoms with van der Waals surface area (Å²) < 4.78 is 27.9. The Labute approximate surface area is 133 Å². The van der Waals surface area contributed by atoms with Crippen molar-refractivity contribution in [3.63, 3.8) is 0 Å². The van der Waals surface area contributed by atoms with Crippen LogP contribution in [-0.4, -0.2) is 39.9 Å². The lowest BCUT2D eigenvalue weighted by atomic mass is 10.3. The minimum atomic E-state index is -3.94. The first-order chi connectivity index (χ1) is 9.62. The van der Waals surface area contributed by atoms with Crippen molar-refractivity contribution < 1.29 is 17.9 Å². The van der Waals surface area contributed by atoms with E-state index in [-0.39, 0.29) is 33.2 Å². The van der Waals surface area contributed by atoms with Gasteiger partial charge in [0.05, 0.1) is 16.7 Å². The Morgan fingerprint density at radius 2 is 1.90 bits per heavy atom. The first-order valence-electron chi connectivity index (χ1n) is 5.97. The van der Waals surface area contributed by atoms with E-state index < -0.39 is 10.0 Å². The average molecular weight is 355 g/mol. The summed E-state index contributed by atoms with van der Waals surface area (Å²) >= 11 is 11.8. The number of nitrogens with zero attached hydrogens (tertiary/aromatic N) is 1. The normalized spacial score (nSPS) is 11.3. The van der Waals surface area contributed by atoms with Crippen LogP contribution in [0.3, 0.4) is 0 Å². The fourth-order valence-electron chi connectivity index (χ4n) is 1.47. The molecule has 1 aromatic rings. The first kappa shape index (κ1) is 18.0. The smallest absolute Gasteiger partial charge is 0.239 e. The second-order valence-electron chi connectivity index (χ2n) is 4.50. The molecule has 0 aromatic heterocycles. The fraction of sp³-hybridized carbons (Fsp3) is 0.417. The van der Waals surface area contributed by atoms with Gasteiger partial charge in [0.25, 0.3) is 0 Å². The summed E-state index contributed by atoms with van der Waals surface area (Å²) in [6.07, 6.45) is 0.843. The molecule has 1 aromatic carbocycles. The van der Waals surface area contributed by atoms with E-state index in [0.29, 0.717) is 12.8 Å². The maximum Gasteiger partial charge on any atom is 0.239 e. The monoisotopic (exact) mass is 354 g/mol. The molecule has 9 heteroatoms. The number of ether oxygens (including phenoxy) is 1. The van der Waals surface area contributed by atoms with Gasteiger partial charge in [-0.1, -0.05) is 23.2 Å². The van der Waals surface area contributed by atoms with Crippen molar-refractivity contribution in [3.05, 3.63) is 22.2 Å². The second-order valence-corrected chi connectivity index (χ2v) is 6.84. The van der Waals surface area contributed by atoms with Gasteiger partial charge in [-0.3, -0.25) is 4.79 Å². The number of amides is 1. The predicted octanol–water partition coefficient (Wildman–Crippen LogP) is 1.89. The second kappa shape index (κ2) is 7.31. The van der Waals surface area contributed by atoms with Gasteiger partial charge in [-0.05, 0) is 12.5 Å². The molecule has 0 fully saturated rings. The molecule has 0 spiro atoms. The Balaban J connectivity index is 2.70. The van der Waals surface area contributed by atoms with Crippen LogP contribution in [-0.2, 0) is 14.8 Å². The SMILES string of the molecule is CN(C)C(=O)CCCOc1cc(Cl)c(S(N)(=O)=O)cc1Cl. The van der Waals surface area contributed by atoms with Gasteiger partial charge in [0.1, 0.15) is 10.6 Å². The summed E-state index contributed by atoms with van der Waals surface area (Å²) in [5, 5.41) is 5.02. The van der Waals surface area contributed by atoms with E-state index in [0.717, 1.165) is 6.07 Å². The van der Waals surface area contributed by atoms with Crippen LogP contribution < -0.4 is 9.88 Å². The highest BCUT2D eigenvalue weighted by Crippen LogP contribution is 2.33. The minimum absolute atomic E-state index is 0.00713. The number of halogens is 2. The number of carbonyl (C=O) groups is 1. The van der Waals surface area contributed by atoms with E-state index in [9.17, 15) is 13.2 Å². The molecule has 0 heterocycles. The van der Waals surface area contributed by atoms with Gasteiger partial charge in [0.15, 0.2) is 0 Å². The topological polar surface area (TPSA) is 89.7 Å². The molecule has 0 unspecified atom stereocenters. The molecule has 0 bridgehead atoms. The highest BCUT2D eigenvalue weighted by atomic mass is 35.5. The molecule has 0 atom stereocenters. The number of benzene rings is 1. The minimum Gasteiger partial charge on any atom is -0.492 e. The third-order valence-corrected chi connectivity index (χ3v) is 4.26. The maximum atomic E-state index is 11.4. The molecular formula is C12H16Cl2N2O4S. The summed E-state index contributed by atoms with van der Waals surface area (Å²) in [5.74, 6) is 0.235. The first-order valence-corrected chi connectivity index (χ1v) is 8.28. The molecule has 118 valence electrons. The lowest BCUT2D eigenvalue weighted by Crippen LogP contribution is -2.21. The summed E-state index contributed by atoms with van der Waals surface area (Å²) in [6.45, 7) is 0.254. The molecule has 21 heavy (non-hydrogen) atoms. The molecule has 6 nitrogen and oxygen atoms in total. The maximum absolute atomic E-state index is 11.4. The van der Waals surface area contributed by atoms with Gasteiger partial charge in [0, 0.05) is 26.6 Å². The molecular weight excluding hydrogens is 339 g/mol. The van der Waals surface area contributed by atoms with Gasteiger partial charge in [0.2, 0.25) is 15.9 Å². The summed E-state index contributed by atoms with van der Waals surface area (Å²) in [4.78, 5) is 12.6. The Bertz CT molecular complexity index is 632. The zero-order valence-corrected chi connectivity index (χ0v) is 13.9. The summed E-state index contributed by atoms with van der Waals surface area (Å²) in [6, 6.07) is 2.43. The molecule has 0 aliphatic heterocycles. The Morgan fingerprint density at radius 3 is 2.43 bits per heavy atom. The number of sulfonamides is 1. The van der Waals surface area contributed by atoms with Gasteiger partial charge in [-0.25, -0.2) is 13.6 Å². The third kappa shape index (κ3) is 5.35. The van der Waals surface area contributed by atoms with Gasteiger partial charge >= 0.3 is 0 Å². The molecule has 0 aliphatic carbocycles. The lowest BCUT2D eigenvalue weighted by molar-refractivity contribution is -0.128. The highest BCUT2D eigenvalue weighted by molar-refractivity contribution is 7.89. The molecule has 0 radical (unpaired) electrons. The third-order valence-electron chi connectivity index (χ3n) is 2.58. The van der Waals surface area contributed by atoms with Crippen molar-refractivity contribution >= 4 is 39.1 Å². The number of nitrogens with two attached hydrogens (primary N) is 1. The summed E-state index contributed by atoms with van der Waals surface area (Å²) in [7, 11) is -0.596. The quantitative estimate of drug-likeness (QED) is 0.789. The molecule has 0 aliphatic rings. The zero-order chi connectivity index (χ0) is 16.2. The molecule has 1 amide bonds. The van der Waals surface area contributed by atoms with Crippen LogP contribution in [0.15, 0.2) is 17.0 Å². The number of hydrogen-bond acceptors (Lipinski definition) is 4. The Kier molecular flexibility index (Phi) is 6.27. The van der Waals surface area contributed by atoms with E-state index in [4.69, 9.17) is 33.1 Å². The van der Waals surface area contributed by atoms with Crippen LogP contribution in [0.2, 0.25) is 10.0 Å². The molecule has 1 rings (SSSR count). The van der Waals surface area contributed by atoms with Crippen LogP contribution in [0.1, 0.15) is 12.8 Å². The number of carbonyl (C=O) groups excluding carboxylic acids is 1. The highest BCUT2D eigenvalue weighted by Gasteiger charge is 2.17. The van der Waals surface area contributed by atoms with E-state index in [1.807, 2.05) is 0 Å². The molecule has 0 saturated heterocycles. The number of rotatable bonds is 6. The summed E-state index contributed by atoms with van der Waals surface area (Å²) in [5.41, 5.74) is 0. The van der Waals surface area contributed by atoms with Crippen molar-refractivity contribution in [1.29, 1.82) is 0 Å². The van der Waals surface area contributed by atoms with Crippen molar-refractivity contribution in [1.82, 2.24) is 4.90 Å². The van der Waals surface area contributed by atoms with Crippen LogP contribution in [0.25, 0.3) is 0 Å². The van der Waals surface area contributed by atoms with Crippen molar-refractivity contribution in [2.24, 2.45) is 5.14 Å².